The maximum Gasteiger partial charge on any atom is 0.434 e. The third kappa shape index (κ3) is 5.15. The molecular weight excluding hydrogens is 441 g/mol. The summed E-state index contributed by atoms with van der Waals surface area (Å²) < 4.78 is 41.4. The number of anilines is 1. The predicted molar refractivity (Wildman–Crippen MR) is 120 cm³/mol. The van der Waals surface area contributed by atoms with Crippen LogP contribution < -0.4 is 5.32 Å². The SMILES string of the molecule is Cc1cc(Cl)c2nc(-c3cnc(NCCCC4CCN(C)CC4)nc3C(F)(F)F)[nH]c2c1. The van der Waals surface area contributed by atoms with E-state index >= 15 is 0 Å². The Balaban J connectivity index is 1.49. The molecule has 3 aromatic rings. The number of piperidine rings is 1. The Morgan fingerprint density at radius 1 is 1.22 bits per heavy atom. The molecule has 1 fully saturated rings. The van der Waals surface area contributed by atoms with E-state index in [0.29, 0.717) is 28.5 Å². The predicted octanol–water partition coefficient (Wildman–Crippen LogP) is 5.53. The number of alkyl halides is 3. The van der Waals surface area contributed by atoms with Crippen LogP contribution in [-0.2, 0) is 6.18 Å². The quantitative estimate of drug-likeness (QED) is 0.467. The van der Waals surface area contributed by atoms with Gasteiger partial charge < -0.3 is 15.2 Å². The summed E-state index contributed by atoms with van der Waals surface area (Å²) in [4.78, 5) is 17.4. The molecule has 0 amide bonds. The van der Waals surface area contributed by atoms with Crippen LogP contribution in [0.3, 0.4) is 0 Å². The van der Waals surface area contributed by atoms with Crippen LogP contribution >= 0.6 is 11.6 Å². The van der Waals surface area contributed by atoms with E-state index in [1.807, 2.05) is 6.92 Å². The van der Waals surface area contributed by atoms with Crippen molar-refractivity contribution in [2.24, 2.45) is 5.92 Å². The van der Waals surface area contributed by atoms with Gasteiger partial charge in [-0.15, -0.1) is 0 Å². The van der Waals surface area contributed by atoms with Crippen LogP contribution in [0.15, 0.2) is 18.3 Å². The van der Waals surface area contributed by atoms with Gasteiger partial charge >= 0.3 is 6.18 Å². The number of hydrogen-bond donors (Lipinski definition) is 2. The van der Waals surface area contributed by atoms with E-state index in [1.165, 1.54) is 12.8 Å². The highest BCUT2D eigenvalue weighted by molar-refractivity contribution is 6.35. The molecule has 10 heteroatoms. The Bertz CT molecular complexity index is 1090. The molecule has 0 unspecified atom stereocenters. The lowest BCUT2D eigenvalue weighted by Crippen LogP contribution is -2.30. The third-order valence-corrected chi connectivity index (χ3v) is 6.20. The Kier molecular flexibility index (Phi) is 6.57. The summed E-state index contributed by atoms with van der Waals surface area (Å²) in [6, 6.07) is 3.50. The minimum atomic E-state index is -4.65. The van der Waals surface area contributed by atoms with E-state index in [-0.39, 0.29) is 17.3 Å². The maximum absolute atomic E-state index is 13.8. The molecule has 32 heavy (non-hydrogen) atoms. The smallest absolute Gasteiger partial charge is 0.354 e. The number of fused-ring (bicyclic) bond motifs is 1. The van der Waals surface area contributed by atoms with Gasteiger partial charge in [0.25, 0.3) is 0 Å². The third-order valence-electron chi connectivity index (χ3n) is 5.91. The fraction of sp³-hybridized carbons (Fsp3) is 0.500. The van der Waals surface area contributed by atoms with Gasteiger partial charge in [-0.05, 0) is 76.4 Å². The number of H-pyrrole nitrogens is 1. The van der Waals surface area contributed by atoms with Crippen molar-refractivity contribution in [3.05, 3.63) is 34.6 Å². The number of halogens is 4. The average Bonchev–Trinajstić information content (AvgIpc) is 3.16. The number of aromatic amines is 1. The Morgan fingerprint density at radius 2 is 1.97 bits per heavy atom. The second-order valence-electron chi connectivity index (χ2n) is 8.50. The summed E-state index contributed by atoms with van der Waals surface area (Å²) in [6.07, 6.45) is 0.753. The highest BCUT2D eigenvalue weighted by atomic mass is 35.5. The van der Waals surface area contributed by atoms with Crippen LogP contribution in [0, 0.1) is 12.8 Å². The van der Waals surface area contributed by atoms with Crippen LogP contribution in [-0.4, -0.2) is 51.5 Å². The van der Waals surface area contributed by atoms with Gasteiger partial charge in [0.1, 0.15) is 11.3 Å². The topological polar surface area (TPSA) is 69.7 Å². The number of benzene rings is 1. The molecular formula is C22H26ClF3N6. The zero-order valence-corrected chi connectivity index (χ0v) is 18.8. The molecule has 0 radical (unpaired) electrons. The summed E-state index contributed by atoms with van der Waals surface area (Å²) in [5.41, 5.74) is 0.618. The monoisotopic (exact) mass is 466 g/mol. The number of likely N-dealkylation sites (tertiary alicyclic amines) is 1. The Labute approximate surface area is 189 Å². The molecule has 4 rings (SSSR count). The number of nitrogens with one attached hydrogen (secondary N) is 2. The summed E-state index contributed by atoms with van der Waals surface area (Å²) in [5.74, 6) is 0.675. The molecule has 0 spiro atoms. The zero-order valence-electron chi connectivity index (χ0n) is 18.1. The number of hydrogen-bond acceptors (Lipinski definition) is 5. The average molecular weight is 467 g/mol. The lowest BCUT2D eigenvalue weighted by atomic mass is 9.92. The van der Waals surface area contributed by atoms with E-state index < -0.39 is 11.9 Å². The fourth-order valence-electron chi connectivity index (χ4n) is 4.14. The van der Waals surface area contributed by atoms with Crippen LogP contribution in [0.1, 0.15) is 36.9 Å². The van der Waals surface area contributed by atoms with E-state index in [0.717, 1.165) is 37.7 Å². The second kappa shape index (κ2) is 9.23. The first-order chi connectivity index (χ1) is 15.2. The normalized spacial score (nSPS) is 16.1. The van der Waals surface area contributed by atoms with Crippen molar-refractivity contribution in [3.63, 3.8) is 0 Å². The lowest BCUT2D eigenvalue weighted by molar-refractivity contribution is -0.140. The van der Waals surface area contributed by atoms with Gasteiger partial charge in [0.2, 0.25) is 5.95 Å². The molecule has 2 aromatic heterocycles. The van der Waals surface area contributed by atoms with E-state index in [4.69, 9.17) is 11.6 Å². The Hall–Kier alpha value is -2.39. The van der Waals surface area contributed by atoms with Gasteiger partial charge in [0.15, 0.2) is 5.69 Å². The standard InChI is InChI=1S/C22H26ClF3N6/c1-13-10-16(23)18-17(11-13)29-20(30-18)15-12-28-21(31-19(15)22(24,25)26)27-7-3-4-14-5-8-32(2)9-6-14/h10-12,14H,3-9H2,1-2H3,(H,29,30)(H,27,28,31). The zero-order chi connectivity index (χ0) is 22.9. The van der Waals surface area contributed by atoms with Gasteiger partial charge in [-0.3, -0.25) is 0 Å². The molecule has 1 aliphatic rings. The van der Waals surface area contributed by atoms with Crippen LogP contribution in [0.25, 0.3) is 22.4 Å². The molecule has 1 saturated heterocycles. The van der Waals surface area contributed by atoms with Crippen molar-refractivity contribution in [2.75, 3.05) is 32.0 Å². The molecule has 6 nitrogen and oxygen atoms in total. The number of rotatable bonds is 6. The summed E-state index contributed by atoms with van der Waals surface area (Å²) in [6.45, 7) is 4.58. The minimum absolute atomic E-state index is 0.0329. The van der Waals surface area contributed by atoms with Crippen molar-refractivity contribution >= 4 is 28.6 Å². The van der Waals surface area contributed by atoms with E-state index in [9.17, 15) is 13.2 Å². The highest BCUT2D eigenvalue weighted by Gasteiger charge is 2.37. The first-order valence-electron chi connectivity index (χ1n) is 10.7. The van der Waals surface area contributed by atoms with E-state index in [1.54, 1.807) is 12.1 Å². The number of aryl methyl sites for hydroxylation is 1. The van der Waals surface area contributed by atoms with Crippen LogP contribution in [0.5, 0.6) is 0 Å². The first-order valence-corrected chi connectivity index (χ1v) is 11.1. The van der Waals surface area contributed by atoms with Gasteiger partial charge in [0, 0.05) is 12.7 Å². The van der Waals surface area contributed by atoms with Crippen molar-refractivity contribution in [2.45, 2.75) is 38.8 Å². The molecule has 1 aromatic carbocycles. The van der Waals surface area contributed by atoms with Gasteiger partial charge in [-0.2, -0.15) is 13.2 Å². The van der Waals surface area contributed by atoms with Gasteiger partial charge in [0.05, 0.1) is 16.1 Å². The van der Waals surface area contributed by atoms with Crippen molar-refractivity contribution in [3.8, 4) is 11.4 Å². The fourth-order valence-corrected chi connectivity index (χ4v) is 4.45. The molecule has 2 N–H and O–H groups in total. The number of nitrogens with zero attached hydrogens (tertiary/aromatic N) is 4. The molecule has 0 bridgehead atoms. The summed E-state index contributed by atoms with van der Waals surface area (Å²) in [5, 5.41) is 3.32. The van der Waals surface area contributed by atoms with Crippen molar-refractivity contribution in [1.82, 2.24) is 24.8 Å². The molecule has 3 heterocycles. The number of aromatic nitrogens is 4. The molecule has 0 aliphatic carbocycles. The van der Waals surface area contributed by atoms with E-state index in [2.05, 4.69) is 37.2 Å². The van der Waals surface area contributed by atoms with Crippen molar-refractivity contribution < 1.29 is 13.2 Å². The second-order valence-corrected chi connectivity index (χ2v) is 8.90. The molecule has 172 valence electrons. The van der Waals surface area contributed by atoms with Crippen LogP contribution in [0.4, 0.5) is 19.1 Å². The van der Waals surface area contributed by atoms with Gasteiger partial charge in [-0.25, -0.2) is 15.0 Å². The Morgan fingerprint density at radius 3 is 2.69 bits per heavy atom. The molecule has 0 saturated carbocycles. The number of imidazole rings is 1. The minimum Gasteiger partial charge on any atom is -0.354 e. The van der Waals surface area contributed by atoms with Gasteiger partial charge in [-0.1, -0.05) is 11.6 Å². The first kappa shape index (κ1) is 22.8. The maximum atomic E-state index is 13.8. The largest absolute Gasteiger partial charge is 0.434 e. The molecule has 0 atom stereocenters. The highest BCUT2D eigenvalue weighted by Crippen LogP contribution is 2.36. The molecule has 1 aliphatic heterocycles. The summed E-state index contributed by atoms with van der Waals surface area (Å²) >= 11 is 6.20. The lowest BCUT2D eigenvalue weighted by Gasteiger charge is -2.28. The van der Waals surface area contributed by atoms with Crippen LogP contribution in [0.2, 0.25) is 5.02 Å². The van der Waals surface area contributed by atoms with Crippen molar-refractivity contribution in [1.29, 1.82) is 0 Å². The summed E-state index contributed by atoms with van der Waals surface area (Å²) in [7, 11) is 2.12.